The van der Waals surface area contributed by atoms with Gasteiger partial charge in [-0.25, -0.2) is 0 Å². The number of nitrogens with one attached hydrogen (secondary N) is 1. The molecule has 1 atom stereocenters. The normalized spacial score (nSPS) is 12.1. The number of nitrogen functional groups attached to an aromatic ring is 1. The van der Waals surface area contributed by atoms with Gasteiger partial charge in [0.15, 0.2) is 0 Å². The van der Waals surface area contributed by atoms with Crippen LogP contribution in [0.2, 0.25) is 0 Å². The Kier molecular flexibility index (Phi) is 3.81. The summed E-state index contributed by atoms with van der Waals surface area (Å²) in [6.45, 7) is 0. The standard InChI is InChI=1S/C9H12N2O3S/c1-11-9(12)7-3-2-6(4-8(7)10)5-15(13)14/h2-4H,5,10H2,1H3,(H,11,12)(H,13,14)/p-1. The van der Waals surface area contributed by atoms with Crippen LogP contribution in [0.1, 0.15) is 15.9 Å². The number of anilines is 1. The SMILES string of the molecule is CNC(=O)c1ccc(CS(=O)[O-])cc1N. The van der Waals surface area contributed by atoms with Gasteiger partial charge in [0, 0.05) is 18.5 Å². The molecule has 0 spiro atoms. The van der Waals surface area contributed by atoms with Gasteiger partial charge < -0.3 is 15.6 Å². The van der Waals surface area contributed by atoms with E-state index in [1.807, 2.05) is 0 Å². The van der Waals surface area contributed by atoms with Gasteiger partial charge >= 0.3 is 0 Å². The summed E-state index contributed by atoms with van der Waals surface area (Å²) in [7, 11) is 1.50. The maximum atomic E-state index is 11.3. The summed E-state index contributed by atoms with van der Waals surface area (Å²) in [5.41, 5.74) is 6.80. The van der Waals surface area contributed by atoms with Crippen molar-refractivity contribution in [1.82, 2.24) is 5.32 Å². The van der Waals surface area contributed by atoms with E-state index in [4.69, 9.17) is 5.73 Å². The van der Waals surface area contributed by atoms with E-state index in [2.05, 4.69) is 5.32 Å². The summed E-state index contributed by atoms with van der Waals surface area (Å²) in [5.74, 6) is -0.389. The van der Waals surface area contributed by atoms with Crippen molar-refractivity contribution in [3.8, 4) is 0 Å². The van der Waals surface area contributed by atoms with Gasteiger partial charge in [0.2, 0.25) is 0 Å². The number of amides is 1. The predicted molar refractivity (Wildman–Crippen MR) is 56.9 cm³/mol. The predicted octanol–water partition coefficient (Wildman–Crippen LogP) is 0.00750. The molecule has 0 aliphatic heterocycles. The first-order valence-electron chi connectivity index (χ1n) is 4.21. The maximum absolute atomic E-state index is 11.3. The summed E-state index contributed by atoms with van der Waals surface area (Å²) < 4.78 is 20.9. The summed E-state index contributed by atoms with van der Waals surface area (Å²) in [6.07, 6.45) is 0. The zero-order valence-corrected chi connectivity index (χ0v) is 8.97. The number of nitrogens with two attached hydrogens (primary N) is 1. The number of rotatable bonds is 3. The highest BCUT2D eigenvalue weighted by Gasteiger charge is 2.07. The van der Waals surface area contributed by atoms with Crippen molar-refractivity contribution < 1.29 is 13.6 Å². The topological polar surface area (TPSA) is 95.2 Å². The van der Waals surface area contributed by atoms with Crippen LogP contribution in [0.3, 0.4) is 0 Å². The summed E-state index contributed by atoms with van der Waals surface area (Å²) in [4.78, 5) is 11.3. The second kappa shape index (κ2) is 4.90. The number of hydrogen-bond acceptors (Lipinski definition) is 4. The van der Waals surface area contributed by atoms with Gasteiger partial charge in [-0.15, -0.1) is 0 Å². The maximum Gasteiger partial charge on any atom is 0.253 e. The van der Waals surface area contributed by atoms with E-state index in [-0.39, 0.29) is 17.3 Å². The molecule has 1 unspecified atom stereocenters. The fraction of sp³-hybridized carbons (Fsp3) is 0.222. The minimum absolute atomic E-state index is 0.0990. The van der Waals surface area contributed by atoms with E-state index < -0.39 is 11.1 Å². The Hall–Kier alpha value is -1.40. The largest absolute Gasteiger partial charge is 0.772 e. The average molecular weight is 227 g/mol. The summed E-state index contributed by atoms with van der Waals surface area (Å²) in [5, 5.41) is 2.44. The fourth-order valence-electron chi connectivity index (χ4n) is 1.18. The van der Waals surface area contributed by atoms with Crippen LogP contribution in [0.4, 0.5) is 5.69 Å². The van der Waals surface area contributed by atoms with Crippen molar-refractivity contribution in [3.05, 3.63) is 29.3 Å². The quantitative estimate of drug-likeness (QED) is 0.561. The zero-order chi connectivity index (χ0) is 11.4. The lowest BCUT2D eigenvalue weighted by Gasteiger charge is -2.08. The molecule has 0 aliphatic carbocycles. The molecule has 1 aromatic carbocycles. The second-order valence-electron chi connectivity index (χ2n) is 2.95. The Bertz CT molecular complexity index is 406. The van der Waals surface area contributed by atoms with E-state index in [9.17, 15) is 13.6 Å². The Morgan fingerprint density at radius 3 is 2.73 bits per heavy atom. The van der Waals surface area contributed by atoms with Crippen molar-refractivity contribution >= 4 is 22.7 Å². The Balaban J connectivity index is 2.97. The van der Waals surface area contributed by atoms with Crippen molar-refractivity contribution in [2.75, 3.05) is 12.8 Å². The lowest BCUT2D eigenvalue weighted by molar-refractivity contribution is 0.0964. The lowest BCUT2D eigenvalue weighted by Crippen LogP contribution is -2.19. The molecule has 1 rings (SSSR count). The molecule has 82 valence electrons. The van der Waals surface area contributed by atoms with E-state index in [1.54, 1.807) is 6.07 Å². The lowest BCUT2D eigenvalue weighted by atomic mass is 10.1. The smallest absolute Gasteiger partial charge is 0.253 e. The van der Waals surface area contributed by atoms with E-state index >= 15 is 0 Å². The molecule has 0 fully saturated rings. The van der Waals surface area contributed by atoms with Gasteiger partial charge in [-0.05, 0) is 17.7 Å². The van der Waals surface area contributed by atoms with Crippen molar-refractivity contribution in [3.63, 3.8) is 0 Å². The third kappa shape index (κ3) is 3.03. The van der Waals surface area contributed by atoms with Crippen LogP contribution >= 0.6 is 0 Å². The third-order valence-electron chi connectivity index (χ3n) is 1.87. The molecule has 1 amide bonds. The molecule has 0 aromatic heterocycles. The van der Waals surface area contributed by atoms with Gasteiger partial charge in [0.05, 0.1) is 5.56 Å². The van der Waals surface area contributed by atoms with Crippen LogP contribution in [0.25, 0.3) is 0 Å². The zero-order valence-electron chi connectivity index (χ0n) is 8.15. The molecule has 0 bridgehead atoms. The first-order valence-corrected chi connectivity index (χ1v) is 5.45. The number of hydrogen-bond donors (Lipinski definition) is 2. The Labute approximate surface area is 90.0 Å². The van der Waals surface area contributed by atoms with Gasteiger partial charge in [0.1, 0.15) is 0 Å². The number of carbonyl (C=O) groups is 1. The molecule has 0 heterocycles. The van der Waals surface area contributed by atoms with Crippen LogP contribution in [-0.2, 0) is 16.8 Å². The molecule has 15 heavy (non-hydrogen) atoms. The highest BCUT2D eigenvalue weighted by atomic mass is 32.2. The molecule has 0 saturated carbocycles. The fourth-order valence-corrected chi connectivity index (χ4v) is 1.63. The van der Waals surface area contributed by atoms with Crippen LogP contribution in [0.15, 0.2) is 18.2 Å². The minimum Gasteiger partial charge on any atom is -0.772 e. The first kappa shape index (κ1) is 11.7. The molecular formula is C9H11N2O3S-. The van der Waals surface area contributed by atoms with E-state index in [0.717, 1.165) is 0 Å². The summed E-state index contributed by atoms with van der Waals surface area (Å²) >= 11 is -2.15. The van der Waals surface area contributed by atoms with Gasteiger partial charge in [-0.3, -0.25) is 9.00 Å². The van der Waals surface area contributed by atoms with Gasteiger partial charge in [0.25, 0.3) is 5.91 Å². The van der Waals surface area contributed by atoms with Crippen LogP contribution in [0, 0.1) is 0 Å². The van der Waals surface area contributed by atoms with Crippen LogP contribution in [-0.4, -0.2) is 21.7 Å². The van der Waals surface area contributed by atoms with E-state index in [0.29, 0.717) is 11.1 Å². The molecule has 0 saturated heterocycles. The van der Waals surface area contributed by atoms with E-state index in [1.165, 1.54) is 19.2 Å². The molecule has 0 radical (unpaired) electrons. The molecule has 1 aromatic rings. The number of benzene rings is 1. The Morgan fingerprint density at radius 2 is 2.27 bits per heavy atom. The van der Waals surface area contributed by atoms with Crippen molar-refractivity contribution in [1.29, 1.82) is 0 Å². The first-order chi connectivity index (χ1) is 7.04. The highest BCUT2D eigenvalue weighted by molar-refractivity contribution is 7.78. The number of carbonyl (C=O) groups excluding carboxylic acids is 1. The second-order valence-corrected chi connectivity index (χ2v) is 3.84. The monoisotopic (exact) mass is 227 g/mol. The minimum atomic E-state index is -2.15. The molecule has 5 nitrogen and oxygen atoms in total. The van der Waals surface area contributed by atoms with Crippen molar-refractivity contribution in [2.45, 2.75) is 5.75 Å². The average Bonchev–Trinajstić information content (AvgIpc) is 2.16. The highest BCUT2D eigenvalue weighted by Crippen LogP contribution is 2.15. The molecule has 3 N–H and O–H groups in total. The molecule has 0 aliphatic rings. The van der Waals surface area contributed by atoms with Crippen molar-refractivity contribution in [2.24, 2.45) is 0 Å². The van der Waals surface area contributed by atoms with Gasteiger partial charge in [-0.2, -0.15) is 0 Å². The summed E-state index contributed by atoms with van der Waals surface area (Å²) in [6, 6.07) is 4.56. The Morgan fingerprint density at radius 1 is 1.60 bits per heavy atom. The van der Waals surface area contributed by atoms with Gasteiger partial charge in [-0.1, -0.05) is 17.1 Å². The third-order valence-corrected chi connectivity index (χ3v) is 2.44. The molecular weight excluding hydrogens is 216 g/mol. The van der Waals surface area contributed by atoms with Crippen LogP contribution in [0.5, 0.6) is 0 Å². The van der Waals surface area contributed by atoms with Crippen LogP contribution < -0.4 is 11.1 Å². The molecule has 6 heteroatoms.